The Morgan fingerprint density at radius 3 is 2.81 bits per heavy atom. The number of amides is 1. The molecule has 0 aliphatic rings. The fourth-order valence-corrected chi connectivity index (χ4v) is 2.14. The molecule has 0 atom stereocenters. The van der Waals surface area contributed by atoms with E-state index in [2.05, 4.69) is 10.1 Å². The lowest BCUT2D eigenvalue weighted by Gasteiger charge is -2.26. The Kier molecular flexibility index (Phi) is 4.37. The first-order valence-corrected chi connectivity index (χ1v) is 6.65. The quantitative estimate of drug-likeness (QED) is 0.388. The Bertz CT molecular complexity index is 677. The molecule has 0 spiro atoms. The minimum Gasteiger partial charge on any atom is -0.409 e. The van der Waals surface area contributed by atoms with E-state index in [1.165, 1.54) is 0 Å². The third-order valence-corrected chi connectivity index (χ3v) is 3.22. The third-order valence-electron chi connectivity index (χ3n) is 3.22. The van der Waals surface area contributed by atoms with E-state index in [1.807, 2.05) is 26.0 Å². The zero-order valence-corrected chi connectivity index (χ0v) is 12.0. The molecule has 0 radical (unpaired) electrons. The lowest BCUT2D eigenvalue weighted by atomic mass is 10.1. The molecule has 6 nitrogen and oxygen atoms in total. The summed E-state index contributed by atoms with van der Waals surface area (Å²) in [6, 6.07) is 8.98. The maximum absolute atomic E-state index is 12.8. The molecule has 2 aromatic rings. The fraction of sp³-hybridized carbons (Fsp3) is 0.267. The molecule has 0 unspecified atom stereocenters. The summed E-state index contributed by atoms with van der Waals surface area (Å²) in [6.07, 6.45) is 1.69. The van der Waals surface area contributed by atoms with Gasteiger partial charge in [0.15, 0.2) is 5.84 Å². The molecule has 1 aromatic carbocycles. The second-order valence-corrected chi connectivity index (χ2v) is 4.99. The maximum Gasteiger partial charge on any atom is 0.255 e. The zero-order chi connectivity index (χ0) is 15.4. The van der Waals surface area contributed by atoms with Crippen LogP contribution in [0.5, 0.6) is 0 Å². The first kappa shape index (κ1) is 14.8. The van der Waals surface area contributed by atoms with Crippen molar-refractivity contribution in [2.75, 3.05) is 6.54 Å². The fourth-order valence-electron chi connectivity index (χ4n) is 2.14. The lowest BCUT2D eigenvalue weighted by molar-refractivity contribution is 0.0736. The van der Waals surface area contributed by atoms with Crippen molar-refractivity contribution in [1.82, 2.24) is 9.88 Å². The molecule has 0 saturated carbocycles. The SMILES string of the molecule is CC(C)N(CC(N)=NO)C(=O)c1cccc2ncccc12. The second kappa shape index (κ2) is 6.21. The monoisotopic (exact) mass is 286 g/mol. The van der Waals surface area contributed by atoms with Crippen LogP contribution < -0.4 is 5.73 Å². The van der Waals surface area contributed by atoms with Crippen LogP contribution in [0.4, 0.5) is 0 Å². The molecule has 1 aromatic heterocycles. The predicted octanol–water partition coefficient (Wildman–Crippen LogP) is 1.83. The number of fused-ring (bicyclic) bond motifs is 1. The van der Waals surface area contributed by atoms with Crippen molar-refractivity contribution in [2.45, 2.75) is 19.9 Å². The molecule has 0 fully saturated rings. The Labute approximate surface area is 122 Å². The van der Waals surface area contributed by atoms with Gasteiger partial charge in [0.25, 0.3) is 5.91 Å². The summed E-state index contributed by atoms with van der Waals surface area (Å²) in [6.45, 7) is 3.83. The Hall–Kier alpha value is -2.63. The molecular weight excluding hydrogens is 268 g/mol. The molecule has 21 heavy (non-hydrogen) atoms. The minimum atomic E-state index is -0.171. The lowest BCUT2D eigenvalue weighted by Crippen LogP contribution is -2.42. The highest BCUT2D eigenvalue weighted by Crippen LogP contribution is 2.19. The average Bonchev–Trinajstić information content (AvgIpc) is 2.50. The molecule has 110 valence electrons. The average molecular weight is 286 g/mol. The van der Waals surface area contributed by atoms with Gasteiger partial charge >= 0.3 is 0 Å². The summed E-state index contributed by atoms with van der Waals surface area (Å²) >= 11 is 0. The number of pyridine rings is 1. The van der Waals surface area contributed by atoms with Crippen LogP contribution in [0.3, 0.4) is 0 Å². The van der Waals surface area contributed by atoms with Crippen molar-refractivity contribution < 1.29 is 10.0 Å². The summed E-state index contributed by atoms with van der Waals surface area (Å²) in [7, 11) is 0. The highest BCUT2D eigenvalue weighted by atomic mass is 16.4. The molecule has 0 saturated heterocycles. The van der Waals surface area contributed by atoms with Crippen molar-refractivity contribution in [1.29, 1.82) is 0 Å². The van der Waals surface area contributed by atoms with E-state index in [9.17, 15) is 4.79 Å². The van der Waals surface area contributed by atoms with Gasteiger partial charge in [-0.05, 0) is 32.0 Å². The van der Waals surface area contributed by atoms with Gasteiger partial charge in [-0.1, -0.05) is 17.3 Å². The number of hydrogen-bond acceptors (Lipinski definition) is 4. The highest BCUT2D eigenvalue weighted by Gasteiger charge is 2.21. The van der Waals surface area contributed by atoms with Gasteiger partial charge in [0.05, 0.1) is 12.1 Å². The summed E-state index contributed by atoms with van der Waals surface area (Å²) in [5.74, 6) is -0.175. The number of hydrogen-bond donors (Lipinski definition) is 2. The van der Waals surface area contributed by atoms with Gasteiger partial charge in [0.1, 0.15) is 0 Å². The van der Waals surface area contributed by atoms with Gasteiger partial charge in [-0.15, -0.1) is 0 Å². The molecule has 0 aliphatic carbocycles. The van der Waals surface area contributed by atoms with Crippen LogP contribution in [0, 0.1) is 0 Å². The predicted molar refractivity (Wildman–Crippen MR) is 81.3 cm³/mol. The maximum atomic E-state index is 12.8. The summed E-state index contributed by atoms with van der Waals surface area (Å²) in [5, 5.41) is 12.4. The van der Waals surface area contributed by atoms with E-state index in [-0.39, 0.29) is 24.3 Å². The Balaban J connectivity index is 2.44. The molecular formula is C15H18N4O2. The van der Waals surface area contributed by atoms with E-state index in [0.29, 0.717) is 5.56 Å². The smallest absolute Gasteiger partial charge is 0.255 e. The van der Waals surface area contributed by atoms with Crippen LogP contribution in [-0.4, -0.2) is 39.4 Å². The summed E-state index contributed by atoms with van der Waals surface area (Å²) in [4.78, 5) is 18.6. The molecule has 0 bridgehead atoms. The normalized spacial score (nSPS) is 11.9. The molecule has 2 rings (SSSR count). The van der Waals surface area contributed by atoms with Crippen LogP contribution in [0.25, 0.3) is 10.9 Å². The topological polar surface area (TPSA) is 91.8 Å². The largest absolute Gasteiger partial charge is 0.409 e. The van der Waals surface area contributed by atoms with Gasteiger partial charge in [-0.3, -0.25) is 9.78 Å². The van der Waals surface area contributed by atoms with Crippen molar-refractivity contribution in [2.24, 2.45) is 10.9 Å². The number of carbonyl (C=O) groups is 1. The number of aromatic nitrogens is 1. The zero-order valence-electron chi connectivity index (χ0n) is 12.0. The van der Waals surface area contributed by atoms with E-state index >= 15 is 0 Å². The van der Waals surface area contributed by atoms with E-state index in [0.717, 1.165) is 10.9 Å². The van der Waals surface area contributed by atoms with Crippen LogP contribution in [0.2, 0.25) is 0 Å². The van der Waals surface area contributed by atoms with Crippen LogP contribution in [0.1, 0.15) is 24.2 Å². The number of nitrogens with two attached hydrogens (primary N) is 1. The third kappa shape index (κ3) is 3.10. The van der Waals surface area contributed by atoms with Gasteiger partial charge in [-0.2, -0.15) is 0 Å². The van der Waals surface area contributed by atoms with Crippen LogP contribution in [0.15, 0.2) is 41.7 Å². The minimum absolute atomic E-state index is 0.00425. The van der Waals surface area contributed by atoms with Gasteiger partial charge in [0.2, 0.25) is 0 Å². The van der Waals surface area contributed by atoms with Gasteiger partial charge in [0, 0.05) is 23.2 Å². The van der Waals surface area contributed by atoms with Crippen molar-refractivity contribution in [3.63, 3.8) is 0 Å². The standard InChI is InChI=1S/C15H18N4O2/c1-10(2)19(9-14(16)18-21)15(20)12-5-3-7-13-11(12)6-4-8-17-13/h3-8,10,21H,9H2,1-2H3,(H2,16,18). The first-order valence-electron chi connectivity index (χ1n) is 6.65. The number of amidine groups is 1. The van der Waals surface area contributed by atoms with Crippen LogP contribution >= 0.6 is 0 Å². The van der Waals surface area contributed by atoms with E-state index < -0.39 is 0 Å². The molecule has 3 N–H and O–H groups in total. The molecule has 1 heterocycles. The van der Waals surface area contributed by atoms with E-state index in [4.69, 9.17) is 10.9 Å². The second-order valence-electron chi connectivity index (χ2n) is 4.99. The number of nitrogens with zero attached hydrogens (tertiary/aromatic N) is 3. The van der Waals surface area contributed by atoms with Crippen LogP contribution in [-0.2, 0) is 0 Å². The number of benzene rings is 1. The Morgan fingerprint density at radius 1 is 1.38 bits per heavy atom. The summed E-state index contributed by atoms with van der Waals surface area (Å²) < 4.78 is 0. The summed E-state index contributed by atoms with van der Waals surface area (Å²) in [5.41, 5.74) is 6.85. The molecule has 1 amide bonds. The highest BCUT2D eigenvalue weighted by molar-refractivity contribution is 6.07. The first-order chi connectivity index (χ1) is 10.0. The van der Waals surface area contributed by atoms with Crippen molar-refractivity contribution in [3.05, 3.63) is 42.1 Å². The van der Waals surface area contributed by atoms with Crippen molar-refractivity contribution in [3.8, 4) is 0 Å². The number of carbonyl (C=O) groups excluding carboxylic acids is 1. The van der Waals surface area contributed by atoms with E-state index in [1.54, 1.807) is 29.3 Å². The molecule has 0 aliphatic heterocycles. The van der Waals surface area contributed by atoms with Gasteiger partial charge < -0.3 is 15.8 Å². The number of oxime groups is 1. The Morgan fingerprint density at radius 2 is 2.14 bits per heavy atom. The molecule has 6 heteroatoms. The van der Waals surface area contributed by atoms with Crippen molar-refractivity contribution >= 4 is 22.6 Å². The number of rotatable bonds is 4. The van der Waals surface area contributed by atoms with Gasteiger partial charge in [-0.25, -0.2) is 0 Å².